The number of nitrogens with zero attached hydrogens (tertiary/aromatic N) is 6. The Morgan fingerprint density at radius 3 is 2.58 bits per heavy atom. The number of sulfone groups is 1. The smallest absolute Gasteiger partial charge is 0.285 e. The molecule has 2 aliphatic rings. The highest BCUT2D eigenvalue weighted by Crippen LogP contribution is 2.69. The normalized spacial score (nSPS) is 21.6. The van der Waals surface area contributed by atoms with E-state index in [2.05, 4.69) is 39.2 Å². The van der Waals surface area contributed by atoms with Crippen molar-refractivity contribution in [2.24, 2.45) is 5.41 Å². The van der Waals surface area contributed by atoms with Gasteiger partial charge in [0.15, 0.2) is 0 Å². The lowest BCUT2D eigenvalue weighted by molar-refractivity contribution is 0.242. The maximum atomic E-state index is 14.5. The monoisotopic (exact) mass is 538 g/mol. The van der Waals surface area contributed by atoms with E-state index in [0.29, 0.717) is 5.69 Å². The lowest BCUT2D eigenvalue weighted by atomic mass is 9.66. The standard InChI is InChI=1S/C26H24F2N6O3S/c1-25(2)15-7-10-26(25,22-14(15)13-18(31-33-22)21-16(27)5-4-6-17(21)28)19-8-11-29-23(30-19)24-34-32-20(37-24)9-12-38(3,35)36/h4-6,8,11,13,15H,7,9-10,12H2,1-3H3/t15-,26-/m0/s1. The summed E-state index contributed by atoms with van der Waals surface area (Å²) in [6.45, 7) is 4.29. The number of hydrogen-bond acceptors (Lipinski definition) is 9. The molecule has 0 unspecified atom stereocenters. The molecular formula is C26H24F2N6O3S. The first-order valence-corrected chi connectivity index (χ1v) is 14.2. The molecule has 0 spiro atoms. The topological polar surface area (TPSA) is 125 Å². The number of aromatic nitrogens is 6. The van der Waals surface area contributed by atoms with Crippen molar-refractivity contribution in [3.63, 3.8) is 0 Å². The first kappa shape index (κ1) is 24.7. The van der Waals surface area contributed by atoms with Gasteiger partial charge in [-0.15, -0.1) is 15.3 Å². The molecule has 3 heterocycles. The highest BCUT2D eigenvalue weighted by Gasteiger charge is 2.65. The van der Waals surface area contributed by atoms with Gasteiger partial charge in [-0.25, -0.2) is 27.2 Å². The molecular weight excluding hydrogens is 514 g/mol. The number of rotatable bonds is 6. The van der Waals surface area contributed by atoms with E-state index in [1.165, 1.54) is 18.2 Å². The number of aryl methyl sites for hydroxylation is 1. The number of hydrogen-bond donors (Lipinski definition) is 0. The van der Waals surface area contributed by atoms with E-state index in [4.69, 9.17) is 9.40 Å². The van der Waals surface area contributed by atoms with Crippen LogP contribution in [0.15, 0.2) is 40.9 Å². The van der Waals surface area contributed by atoms with Crippen LogP contribution >= 0.6 is 0 Å². The minimum Gasteiger partial charge on any atom is -0.418 e. The van der Waals surface area contributed by atoms with Crippen LogP contribution in [-0.4, -0.2) is 50.8 Å². The molecule has 1 fully saturated rings. The van der Waals surface area contributed by atoms with Crippen molar-refractivity contribution in [2.45, 2.75) is 44.4 Å². The van der Waals surface area contributed by atoms with Gasteiger partial charge in [0.1, 0.15) is 21.5 Å². The lowest BCUT2D eigenvalue weighted by Crippen LogP contribution is -2.38. The fourth-order valence-corrected chi connectivity index (χ4v) is 6.72. The van der Waals surface area contributed by atoms with Crippen molar-refractivity contribution in [3.8, 4) is 23.0 Å². The summed E-state index contributed by atoms with van der Waals surface area (Å²) < 4.78 is 57.6. The van der Waals surface area contributed by atoms with Gasteiger partial charge in [-0.3, -0.25) is 0 Å². The van der Waals surface area contributed by atoms with Gasteiger partial charge in [0.05, 0.1) is 33.8 Å². The van der Waals surface area contributed by atoms with Crippen molar-refractivity contribution in [1.82, 2.24) is 30.4 Å². The van der Waals surface area contributed by atoms with E-state index < -0.39 is 26.9 Å². The third kappa shape index (κ3) is 3.64. The lowest BCUT2D eigenvalue weighted by Gasteiger charge is -2.37. The molecule has 4 aromatic rings. The van der Waals surface area contributed by atoms with Crippen molar-refractivity contribution < 1.29 is 21.6 Å². The van der Waals surface area contributed by atoms with Gasteiger partial charge < -0.3 is 4.42 Å². The number of fused-ring (bicyclic) bond motifs is 5. The van der Waals surface area contributed by atoms with Crippen LogP contribution in [0.5, 0.6) is 0 Å². The summed E-state index contributed by atoms with van der Waals surface area (Å²) in [5, 5.41) is 16.8. The van der Waals surface area contributed by atoms with Crippen molar-refractivity contribution in [1.29, 1.82) is 0 Å². The highest BCUT2D eigenvalue weighted by molar-refractivity contribution is 7.90. The Hall–Kier alpha value is -3.67. The van der Waals surface area contributed by atoms with Crippen LogP contribution in [0.3, 0.4) is 0 Å². The van der Waals surface area contributed by atoms with E-state index in [-0.39, 0.29) is 52.4 Å². The van der Waals surface area contributed by atoms with Crippen molar-refractivity contribution in [3.05, 3.63) is 71.0 Å². The van der Waals surface area contributed by atoms with Gasteiger partial charge >= 0.3 is 0 Å². The predicted octanol–water partition coefficient (Wildman–Crippen LogP) is 4.05. The maximum absolute atomic E-state index is 14.5. The zero-order valence-electron chi connectivity index (χ0n) is 20.9. The van der Waals surface area contributed by atoms with Crippen LogP contribution in [0.4, 0.5) is 8.78 Å². The Kier molecular flexibility index (Phi) is 5.46. The molecule has 2 atom stereocenters. The molecule has 0 radical (unpaired) electrons. The summed E-state index contributed by atoms with van der Waals surface area (Å²) in [5.41, 5.74) is 1.40. The first-order valence-electron chi connectivity index (χ1n) is 12.2. The highest BCUT2D eigenvalue weighted by atomic mass is 32.2. The first-order chi connectivity index (χ1) is 18.0. The second kappa shape index (κ2) is 8.42. The average Bonchev–Trinajstić information content (AvgIpc) is 3.50. The van der Waals surface area contributed by atoms with Crippen molar-refractivity contribution in [2.75, 3.05) is 12.0 Å². The van der Waals surface area contributed by atoms with E-state index in [0.717, 1.165) is 30.4 Å². The zero-order valence-corrected chi connectivity index (χ0v) is 21.8. The minimum atomic E-state index is -3.18. The third-order valence-corrected chi connectivity index (χ3v) is 8.98. The Morgan fingerprint density at radius 1 is 1.08 bits per heavy atom. The second-order valence-electron chi connectivity index (χ2n) is 10.5. The molecule has 0 aliphatic heterocycles. The average molecular weight is 539 g/mol. The van der Waals surface area contributed by atoms with Gasteiger partial charge in [-0.2, -0.15) is 5.10 Å². The molecule has 1 saturated carbocycles. The fraction of sp³-hybridized carbons (Fsp3) is 0.385. The summed E-state index contributed by atoms with van der Waals surface area (Å²) in [4.78, 5) is 9.12. The summed E-state index contributed by atoms with van der Waals surface area (Å²) in [7, 11) is -3.18. The molecule has 2 aliphatic carbocycles. The van der Waals surface area contributed by atoms with Gasteiger partial charge in [0.25, 0.3) is 5.89 Å². The summed E-state index contributed by atoms with van der Waals surface area (Å²) >= 11 is 0. The van der Waals surface area contributed by atoms with Gasteiger partial charge in [-0.1, -0.05) is 19.9 Å². The quantitative estimate of drug-likeness (QED) is 0.357. The van der Waals surface area contributed by atoms with E-state index in [1.807, 2.05) is 6.07 Å². The van der Waals surface area contributed by atoms with Crippen molar-refractivity contribution >= 4 is 9.84 Å². The molecule has 6 rings (SSSR count). The molecule has 3 aromatic heterocycles. The van der Waals surface area contributed by atoms with E-state index in [1.54, 1.807) is 12.3 Å². The summed E-state index contributed by atoms with van der Waals surface area (Å²) in [5.74, 6) is -0.897. The molecule has 196 valence electrons. The Balaban J connectivity index is 1.41. The number of halogens is 2. The predicted molar refractivity (Wildman–Crippen MR) is 133 cm³/mol. The van der Waals surface area contributed by atoms with E-state index >= 15 is 0 Å². The molecule has 2 bridgehead atoms. The minimum absolute atomic E-state index is 0.0889. The molecule has 1 aromatic carbocycles. The van der Waals surface area contributed by atoms with Crippen LogP contribution in [0, 0.1) is 17.0 Å². The molecule has 0 amide bonds. The van der Waals surface area contributed by atoms with Gasteiger partial charge in [0, 0.05) is 18.9 Å². The summed E-state index contributed by atoms with van der Waals surface area (Å²) in [6, 6.07) is 7.32. The SMILES string of the molecule is CC1(C)[C@H]2CC[C@]1(c1ccnc(-c3nnc(CCS(C)(=O)=O)o3)n1)c1nnc(-c3c(F)cccc3F)cc12. The molecule has 0 N–H and O–H groups in total. The fourth-order valence-electron chi connectivity index (χ4n) is 6.17. The Morgan fingerprint density at radius 2 is 1.84 bits per heavy atom. The summed E-state index contributed by atoms with van der Waals surface area (Å²) in [6.07, 6.45) is 4.47. The van der Waals surface area contributed by atoms with E-state index in [9.17, 15) is 17.2 Å². The van der Waals surface area contributed by atoms with Crippen LogP contribution in [0.1, 0.15) is 55.4 Å². The maximum Gasteiger partial charge on any atom is 0.285 e. The van der Waals surface area contributed by atoms with Gasteiger partial charge in [0.2, 0.25) is 11.7 Å². The molecule has 38 heavy (non-hydrogen) atoms. The van der Waals surface area contributed by atoms with Gasteiger partial charge in [-0.05, 0) is 54.0 Å². The molecule has 12 heteroatoms. The van der Waals surface area contributed by atoms with Crippen LogP contribution in [-0.2, 0) is 21.7 Å². The third-order valence-electron chi connectivity index (χ3n) is 8.04. The van der Waals surface area contributed by atoms with Crippen LogP contribution in [0.25, 0.3) is 23.0 Å². The van der Waals surface area contributed by atoms with Crippen LogP contribution in [0.2, 0.25) is 0 Å². The largest absolute Gasteiger partial charge is 0.418 e. The zero-order chi connectivity index (χ0) is 26.9. The Labute approximate surface area is 217 Å². The molecule has 0 saturated heterocycles. The Bertz CT molecular complexity index is 1670. The number of benzene rings is 1. The molecule has 9 nitrogen and oxygen atoms in total. The van der Waals surface area contributed by atoms with Crippen LogP contribution < -0.4 is 0 Å². The second-order valence-corrected chi connectivity index (χ2v) is 12.8.